The van der Waals surface area contributed by atoms with Crippen molar-refractivity contribution in [2.75, 3.05) is 25.1 Å². The number of rotatable bonds is 13. The number of anilines is 1. The van der Waals surface area contributed by atoms with Crippen molar-refractivity contribution in [3.8, 4) is 11.5 Å². The van der Waals surface area contributed by atoms with Crippen LogP contribution >= 0.6 is 23.1 Å². The van der Waals surface area contributed by atoms with Crippen molar-refractivity contribution in [1.29, 1.82) is 0 Å². The Bertz CT molecular complexity index is 1840. The molecule has 258 valence electrons. The van der Waals surface area contributed by atoms with Gasteiger partial charge in [-0.15, -0.1) is 11.8 Å². The average molecular weight is 710 g/mol. The van der Waals surface area contributed by atoms with Gasteiger partial charge in [-0.25, -0.2) is 4.39 Å². The number of halogens is 1. The normalized spacial score (nSPS) is 26.3. The number of hydrogen-bond donors (Lipinski definition) is 3. The third-order valence-electron chi connectivity index (χ3n) is 10.2. The topological polar surface area (TPSA) is 155 Å². The molecule has 2 bridgehead atoms. The Balaban J connectivity index is 1.13. The molecule has 6 unspecified atom stereocenters. The lowest BCUT2D eigenvalue weighted by Crippen LogP contribution is -2.42. The first kappa shape index (κ1) is 33.3. The van der Waals surface area contributed by atoms with Crippen molar-refractivity contribution in [3.63, 3.8) is 0 Å². The zero-order valence-electron chi connectivity index (χ0n) is 26.7. The van der Waals surface area contributed by atoms with Crippen molar-refractivity contribution in [2.24, 2.45) is 29.6 Å². The van der Waals surface area contributed by atoms with E-state index in [9.17, 15) is 28.4 Å². The van der Waals surface area contributed by atoms with Crippen LogP contribution in [0.1, 0.15) is 55.4 Å². The molecule has 1 saturated heterocycles. The summed E-state index contributed by atoms with van der Waals surface area (Å²) >= 11 is 2.79. The van der Waals surface area contributed by atoms with Gasteiger partial charge in [-0.2, -0.15) is 0 Å². The van der Waals surface area contributed by atoms with Gasteiger partial charge in [0.1, 0.15) is 5.82 Å². The van der Waals surface area contributed by atoms with Gasteiger partial charge in [-0.3, -0.25) is 28.9 Å². The van der Waals surface area contributed by atoms with Crippen LogP contribution in [0, 0.1) is 35.4 Å². The lowest BCUT2D eigenvalue weighted by molar-refractivity contribution is -0.141. The predicted molar refractivity (Wildman–Crippen MR) is 179 cm³/mol. The first-order valence-electron chi connectivity index (χ1n) is 16.6. The fourth-order valence-electron chi connectivity index (χ4n) is 8.37. The number of carbonyl (C=O) groups is 4. The van der Waals surface area contributed by atoms with Crippen molar-refractivity contribution in [2.45, 2.75) is 55.2 Å². The predicted octanol–water partition coefficient (Wildman–Crippen LogP) is 5.11. The SMILES string of the molecule is CCOc1cc([C@H]2c3sc(=O)[nH]c3SC3C4CC(C5C(=O)N(CCCCCC(=O)O)C(=O)C45)C32)ccc1OCC(=O)Nc1ccc(F)cc1. The van der Waals surface area contributed by atoms with E-state index in [1.807, 2.05) is 19.1 Å². The number of H-pyrrole nitrogens is 1. The van der Waals surface area contributed by atoms with Gasteiger partial charge in [0.05, 0.1) is 23.5 Å². The number of ether oxygens (including phenoxy) is 2. The number of amides is 3. The summed E-state index contributed by atoms with van der Waals surface area (Å²) in [7, 11) is 0. The van der Waals surface area contributed by atoms with Crippen molar-refractivity contribution in [3.05, 3.63) is 68.4 Å². The number of carboxylic acids is 1. The van der Waals surface area contributed by atoms with Gasteiger partial charge in [-0.1, -0.05) is 23.8 Å². The largest absolute Gasteiger partial charge is 0.490 e. The Labute approximate surface area is 289 Å². The van der Waals surface area contributed by atoms with Gasteiger partial charge in [0.25, 0.3) is 5.91 Å². The highest BCUT2D eigenvalue weighted by Crippen LogP contribution is 2.68. The summed E-state index contributed by atoms with van der Waals surface area (Å²) in [5.41, 5.74) is 1.34. The quantitative estimate of drug-likeness (QED) is 0.162. The molecule has 1 aromatic heterocycles. The van der Waals surface area contributed by atoms with Crippen LogP contribution in [0.5, 0.6) is 11.5 Å². The summed E-state index contributed by atoms with van der Waals surface area (Å²) in [6.07, 6.45) is 2.54. The number of aliphatic carboxylic acids is 1. The van der Waals surface area contributed by atoms with E-state index in [0.717, 1.165) is 21.9 Å². The smallest absolute Gasteiger partial charge is 0.305 e. The number of imide groups is 1. The fraction of sp³-hybridized carbons (Fsp3) is 0.457. The van der Waals surface area contributed by atoms with E-state index in [4.69, 9.17) is 14.6 Å². The van der Waals surface area contributed by atoms with Crippen molar-refractivity contribution < 1.29 is 38.1 Å². The molecule has 3 amide bonds. The molecule has 49 heavy (non-hydrogen) atoms. The number of unbranched alkanes of at least 4 members (excludes halogenated alkanes) is 2. The van der Waals surface area contributed by atoms with E-state index in [1.54, 1.807) is 17.8 Å². The van der Waals surface area contributed by atoms with E-state index in [-0.39, 0.29) is 64.6 Å². The molecule has 11 nitrogen and oxygen atoms in total. The molecule has 7 rings (SSSR count). The number of carbonyl (C=O) groups excluding carboxylic acids is 3. The molecule has 2 aliphatic carbocycles. The molecule has 0 spiro atoms. The van der Waals surface area contributed by atoms with Crippen LogP contribution in [-0.4, -0.2) is 63.7 Å². The molecule has 3 fully saturated rings. The second-order valence-corrected chi connectivity index (χ2v) is 15.2. The maximum atomic E-state index is 13.8. The van der Waals surface area contributed by atoms with Gasteiger partial charge in [0.2, 0.25) is 11.8 Å². The number of thiazole rings is 1. The Hall–Kier alpha value is -4.17. The lowest BCUT2D eigenvalue weighted by atomic mass is 9.68. The van der Waals surface area contributed by atoms with Crippen molar-refractivity contribution in [1.82, 2.24) is 9.88 Å². The highest BCUT2D eigenvalue weighted by molar-refractivity contribution is 8.00. The monoisotopic (exact) mass is 709 g/mol. The standard InChI is InChI=1S/C35H36FN3O8S2/c1-2-46-23-14-17(7-12-22(23)47-16-24(40)37-19-10-8-18(36)9-11-19)26-27-20-15-21(30(27)48-32-31(26)49-35(45)38-32)29-28(20)33(43)39(34(29)44)13-5-3-4-6-25(41)42/h7-12,14,20-21,26-30H,2-6,13,15-16H2,1H3,(H,37,40)(H,38,45)(H,41,42)/t20?,21?,26-,27?,28?,29?,30?/m1/s1. The molecule has 0 radical (unpaired) electrons. The average Bonchev–Trinajstić information content (AvgIpc) is 3.81. The third-order valence-corrected chi connectivity index (χ3v) is 12.8. The molecule has 14 heteroatoms. The number of carboxylic acid groups (broad SMARTS) is 1. The Morgan fingerprint density at radius 1 is 1.00 bits per heavy atom. The first-order chi connectivity index (χ1) is 23.6. The van der Waals surface area contributed by atoms with Crippen LogP contribution in [0.4, 0.5) is 10.1 Å². The number of nitrogens with zero attached hydrogens (tertiary/aromatic N) is 1. The number of aromatic amines is 1. The van der Waals surface area contributed by atoms with Crippen LogP contribution in [0.15, 0.2) is 52.3 Å². The summed E-state index contributed by atoms with van der Waals surface area (Å²) in [5.74, 6) is -2.19. The minimum Gasteiger partial charge on any atom is -0.490 e. The third kappa shape index (κ3) is 6.24. The molecule has 2 aliphatic heterocycles. The Kier molecular flexibility index (Phi) is 9.27. The van der Waals surface area contributed by atoms with Crippen LogP contribution in [0.2, 0.25) is 0 Å². The second kappa shape index (κ2) is 13.6. The van der Waals surface area contributed by atoms with E-state index in [2.05, 4.69) is 10.3 Å². The van der Waals surface area contributed by atoms with Gasteiger partial charge in [-0.05, 0) is 85.9 Å². The summed E-state index contributed by atoms with van der Waals surface area (Å²) in [6.45, 7) is 2.19. The van der Waals surface area contributed by atoms with E-state index < -0.39 is 23.6 Å². The summed E-state index contributed by atoms with van der Waals surface area (Å²) in [5, 5.41) is 12.4. The minimum absolute atomic E-state index is 0.00481. The van der Waals surface area contributed by atoms with E-state index >= 15 is 0 Å². The zero-order chi connectivity index (χ0) is 34.4. The molecule has 7 atom stereocenters. The van der Waals surface area contributed by atoms with Crippen molar-refractivity contribution >= 4 is 52.5 Å². The molecule has 4 aliphatic rings. The van der Waals surface area contributed by atoms with E-state index in [0.29, 0.717) is 49.6 Å². The summed E-state index contributed by atoms with van der Waals surface area (Å²) in [6, 6.07) is 11.0. The molecule has 2 aromatic carbocycles. The number of nitrogens with one attached hydrogen (secondary N) is 2. The number of fused-ring (bicyclic) bond motifs is 9. The molecular formula is C35H36FN3O8S2. The highest BCUT2D eigenvalue weighted by Gasteiger charge is 2.69. The van der Waals surface area contributed by atoms with Crippen LogP contribution in [-0.2, 0) is 19.2 Å². The molecule has 3 N–H and O–H groups in total. The maximum absolute atomic E-state index is 13.8. The molecule has 3 aromatic rings. The molecular weight excluding hydrogens is 674 g/mol. The second-order valence-electron chi connectivity index (χ2n) is 13.0. The Morgan fingerprint density at radius 2 is 1.76 bits per heavy atom. The van der Waals surface area contributed by atoms with E-state index in [1.165, 1.54) is 40.5 Å². The van der Waals surface area contributed by atoms with Crippen LogP contribution in [0.25, 0.3) is 0 Å². The summed E-state index contributed by atoms with van der Waals surface area (Å²) in [4.78, 5) is 68.8. The van der Waals surface area contributed by atoms with Crippen LogP contribution < -0.4 is 19.7 Å². The Morgan fingerprint density at radius 3 is 2.49 bits per heavy atom. The number of thioether (sulfide) groups is 1. The number of hydrogen-bond acceptors (Lipinski definition) is 9. The minimum atomic E-state index is -0.856. The first-order valence-corrected chi connectivity index (χ1v) is 18.3. The highest BCUT2D eigenvalue weighted by atomic mass is 32.2. The van der Waals surface area contributed by atoms with Gasteiger partial charge >= 0.3 is 10.8 Å². The number of aromatic nitrogens is 1. The zero-order valence-corrected chi connectivity index (χ0v) is 28.3. The lowest BCUT2D eigenvalue weighted by Gasteiger charge is -2.43. The summed E-state index contributed by atoms with van der Waals surface area (Å²) < 4.78 is 25.1. The van der Waals surface area contributed by atoms with Gasteiger partial charge in [0.15, 0.2) is 18.1 Å². The van der Waals surface area contributed by atoms with Gasteiger partial charge < -0.3 is 24.9 Å². The fourth-order valence-corrected chi connectivity index (χ4v) is 11.3. The number of likely N-dealkylation sites (tertiary alicyclic amines) is 1. The van der Waals surface area contributed by atoms with Gasteiger partial charge in [0, 0.05) is 34.7 Å². The molecule has 2 saturated carbocycles. The molecule has 3 heterocycles. The maximum Gasteiger partial charge on any atom is 0.305 e. The number of benzene rings is 2. The van der Waals surface area contributed by atoms with Crippen LogP contribution in [0.3, 0.4) is 0 Å².